The summed E-state index contributed by atoms with van der Waals surface area (Å²) in [4.78, 5) is 0.0337. The monoisotopic (exact) mass is 486 g/mol. The number of fused-ring (bicyclic) bond motifs is 2. The highest BCUT2D eigenvalue weighted by molar-refractivity contribution is 7.89. The number of aliphatic hydroxyl groups is 1. The Kier molecular flexibility index (Phi) is 5.70. The first kappa shape index (κ1) is 22.9. The molecule has 2 aliphatic rings. The number of aryl methyl sites for hydroxylation is 1. The molecule has 0 amide bonds. The van der Waals surface area contributed by atoms with E-state index >= 15 is 0 Å². The normalized spacial score (nSPS) is 22.0. The molecule has 1 saturated carbocycles. The van der Waals surface area contributed by atoms with Crippen molar-refractivity contribution in [3.63, 3.8) is 0 Å². The Morgan fingerprint density at radius 2 is 2.06 bits per heavy atom. The highest BCUT2D eigenvalue weighted by Crippen LogP contribution is 2.53. The van der Waals surface area contributed by atoms with E-state index in [1.165, 1.54) is 28.2 Å². The lowest BCUT2D eigenvalue weighted by Crippen LogP contribution is -2.42. The number of aromatic nitrogens is 3. The Balaban J connectivity index is 1.44. The van der Waals surface area contributed by atoms with Gasteiger partial charge in [0.2, 0.25) is 10.0 Å². The lowest BCUT2D eigenvalue weighted by Gasteiger charge is -2.38. The minimum absolute atomic E-state index is 0.00628. The highest BCUT2D eigenvalue weighted by Gasteiger charge is 2.47. The van der Waals surface area contributed by atoms with E-state index in [1.54, 1.807) is 19.1 Å². The van der Waals surface area contributed by atoms with Gasteiger partial charge in [-0.25, -0.2) is 17.5 Å². The van der Waals surface area contributed by atoms with Crippen LogP contribution in [-0.4, -0.2) is 52.5 Å². The van der Waals surface area contributed by atoms with E-state index in [-0.39, 0.29) is 41.0 Å². The van der Waals surface area contributed by atoms with Crippen molar-refractivity contribution in [2.75, 3.05) is 19.7 Å². The zero-order valence-electron chi connectivity index (χ0n) is 19.1. The van der Waals surface area contributed by atoms with Gasteiger partial charge in [0.15, 0.2) is 5.76 Å². The molecule has 0 spiro atoms. The fourth-order valence-corrected chi connectivity index (χ4v) is 6.91. The van der Waals surface area contributed by atoms with Crippen molar-refractivity contribution in [2.45, 2.75) is 38.0 Å². The van der Waals surface area contributed by atoms with Crippen LogP contribution in [0.1, 0.15) is 36.8 Å². The maximum Gasteiger partial charge on any atom is 0.248 e. The zero-order chi connectivity index (χ0) is 24.1. The third kappa shape index (κ3) is 3.70. The van der Waals surface area contributed by atoms with Crippen LogP contribution in [0.4, 0.5) is 4.39 Å². The number of aliphatic hydroxyl groups excluding tert-OH is 1. The summed E-state index contributed by atoms with van der Waals surface area (Å²) in [7, 11) is -3.85. The van der Waals surface area contributed by atoms with Crippen LogP contribution in [0.25, 0.3) is 11.8 Å². The number of nitrogens with zero attached hydrogens (tertiary/aromatic N) is 4. The molecule has 2 aromatic heterocycles. The van der Waals surface area contributed by atoms with Crippen molar-refractivity contribution >= 4 is 16.1 Å². The summed E-state index contributed by atoms with van der Waals surface area (Å²) in [6.45, 7) is 3.78. The number of sulfonamides is 1. The molecular weight excluding hydrogens is 459 g/mol. The van der Waals surface area contributed by atoms with Crippen LogP contribution >= 0.6 is 0 Å². The quantitative estimate of drug-likeness (QED) is 0.550. The van der Waals surface area contributed by atoms with Gasteiger partial charge in [0.05, 0.1) is 30.4 Å². The zero-order valence-corrected chi connectivity index (χ0v) is 19.9. The number of rotatable bonds is 7. The molecule has 2 heterocycles. The fraction of sp³-hybridized carbons (Fsp3) is 0.417. The van der Waals surface area contributed by atoms with Crippen LogP contribution in [-0.2, 0) is 16.4 Å². The molecule has 0 saturated heterocycles. The van der Waals surface area contributed by atoms with Crippen LogP contribution in [0.15, 0.2) is 51.7 Å². The second-order valence-corrected chi connectivity index (χ2v) is 11.2. The van der Waals surface area contributed by atoms with E-state index in [9.17, 15) is 17.9 Å². The maximum atomic E-state index is 13.4. The fourth-order valence-electron chi connectivity index (χ4n) is 5.36. The van der Waals surface area contributed by atoms with E-state index in [0.29, 0.717) is 6.54 Å². The first-order chi connectivity index (χ1) is 16.2. The topological polar surface area (TPSA) is 101 Å². The van der Waals surface area contributed by atoms with E-state index in [2.05, 4.69) is 23.3 Å². The smallest absolute Gasteiger partial charge is 0.248 e. The van der Waals surface area contributed by atoms with Crippen LogP contribution < -0.4 is 0 Å². The second-order valence-electron chi connectivity index (χ2n) is 9.28. The second kappa shape index (κ2) is 8.44. The molecular formula is C24H27FN4O4S. The molecule has 0 aliphatic heterocycles. The molecule has 5 rings (SSSR count). The summed E-state index contributed by atoms with van der Waals surface area (Å²) in [5.74, 6) is 0.0114. The van der Waals surface area contributed by atoms with E-state index < -0.39 is 10.0 Å². The molecule has 2 aliphatic carbocycles. The van der Waals surface area contributed by atoms with Gasteiger partial charge in [-0.1, -0.05) is 17.7 Å². The molecule has 0 bridgehead atoms. The minimum Gasteiger partial charge on any atom is -0.395 e. The standard InChI is InChI=1S/C24H27FN4O4S/c1-16-23(14-27-33-16)34(31,32)28(9-10-30)15-19-4-3-18-11-22-17(12-24(18,19)2)13-26-29(22)21-7-5-20(25)6-8-21/h5-8,11,13-14,19,30H,3-4,9-10,12,15H2,1-2H3/t19-,24+/m1/s1. The predicted molar refractivity (Wildman–Crippen MR) is 123 cm³/mol. The van der Waals surface area contributed by atoms with Crippen LogP contribution in [0.3, 0.4) is 0 Å². The third-order valence-corrected chi connectivity index (χ3v) is 9.28. The summed E-state index contributed by atoms with van der Waals surface area (Å²) < 4.78 is 48.1. The van der Waals surface area contributed by atoms with E-state index in [1.807, 2.05) is 10.9 Å². The highest BCUT2D eigenvalue weighted by atomic mass is 32.2. The van der Waals surface area contributed by atoms with Gasteiger partial charge < -0.3 is 9.63 Å². The van der Waals surface area contributed by atoms with Crippen LogP contribution in [0.2, 0.25) is 0 Å². The van der Waals surface area contributed by atoms with Gasteiger partial charge in [0, 0.05) is 13.1 Å². The molecule has 180 valence electrons. The molecule has 8 nitrogen and oxygen atoms in total. The van der Waals surface area contributed by atoms with Crippen molar-refractivity contribution < 1.29 is 22.4 Å². The average molecular weight is 487 g/mol. The molecule has 1 aromatic carbocycles. The van der Waals surface area contributed by atoms with E-state index in [0.717, 1.165) is 36.2 Å². The number of halogens is 1. The Labute approximate surface area is 197 Å². The number of allylic oxidation sites excluding steroid dienone is 1. The summed E-state index contributed by atoms with van der Waals surface area (Å²) >= 11 is 0. The molecule has 34 heavy (non-hydrogen) atoms. The Bertz CT molecular complexity index is 1350. The van der Waals surface area contributed by atoms with Gasteiger partial charge in [-0.3, -0.25) is 0 Å². The first-order valence-corrected chi connectivity index (χ1v) is 12.7. The molecule has 0 unspecified atom stereocenters. The Hall–Kier alpha value is -2.82. The molecule has 2 atom stereocenters. The molecule has 10 heteroatoms. The van der Waals surface area contributed by atoms with Crippen molar-refractivity contribution in [1.29, 1.82) is 0 Å². The number of benzene rings is 1. The van der Waals surface area contributed by atoms with Gasteiger partial charge in [-0.05, 0) is 73.4 Å². The van der Waals surface area contributed by atoms with Gasteiger partial charge in [-0.15, -0.1) is 0 Å². The molecule has 3 aromatic rings. The predicted octanol–water partition coefficient (Wildman–Crippen LogP) is 3.35. The minimum atomic E-state index is -3.85. The third-order valence-electron chi connectivity index (χ3n) is 7.32. The van der Waals surface area contributed by atoms with Crippen molar-refractivity contribution in [2.24, 2.45) is 11.3 Å². The van der Waals surface area contributed by atoms with Crippen molar-refractivity contribution in [1.82, 2.24) is 19.2 Å². The van der Waals surface area contributed by atoms with Crippen LogP contribution in [0, 0.1) is 24.1 Å². The summed E-state index contributed by atoms with van der Waals surface area (Å²) in [6, 6.07) is 6.25. The first-order valence-electron chi connectivity index (χ1n) is 11.3. The lowest BCUT2D eigenvalue weighted by atomic mass is 9.70. The van der Waals surface area contributed by atoms with Gasteiger partial charge in [0.25, 0.3) is 0 Å². The summed E-state index contributed by atoms with van der Waals surface area (Å²) in [5.41, 5.74) is 3.89. The summed E-state index contributed by atoms with van der Waals surface area (Å²) in [5, 5.41) is 17.8. The largest absolute Gasteiger partial charge is 0.395 e. The van der Waals surface area contributed by atoms with Gasteiger partial charge >= 0.3 is 0 Å². The molecule has 1 fully saturated rings. The number of hydrogen-bond donors (Lipinski definition) is 1. The Morgan fingerprint density at radius 3 is 2.74 bits per heavy atom. The molecule has 0 radical (unpaired) electrons. The lowest BCUT2D eigenvalue weighted by molar-refractivity contribution is 0.194. The van der Waals surface area contributed by atoms with E-state index in [4.69, 9.17) is 4.52 Å². The maximum absolute atomic E-state index is 13.4. The summed E-state index contributed by atoms with van der Waals surface area (Å²) in [6.07, 6.45) is 7.65. The SMILES string of the molecule is Cc1oncc1S(=O)(=O)N(CCO)C[C@H]1CCC2=Cc3c(cnn3-c3ccc(F)cc3)C[C@@]21C. The van der Waals surface area contributed by atoms with Crippen molar-refractivity contribution in [3.8, 4) is 5.69 Å². The molecule has 1 N–H and O–H groups in total. The Morgan fingerprint density at radius 1 is 1.29 bits per heavy atom. The van der Waals surface area contributed by atoms with Crippen molar-refractivity contribution in [3.05, 3.63) is 65.1 Å². The van der Waals surface area contributed by atoms with Gasteiger partial charge in [-0.2, -0.15) is 9.40 Å². The van der Waals surface area contributed by atoms with Gasteiger partial charge in [0.1, 0.15) is 10.7 Å². The average Bonchev–Trinajstić information content (AvgIpc) is 3.49. The number of hydrogen-bond acceptors (Lipinski definition) is 6. The van der Waals surface area contributed by atoms with Crippen LogP contribution in [0.5, 0.6) is 0 Å².